The number of nitrogens with one attached hydrogen (secondary N) is 2. The van der Waals surface area contributed by atoms with E-state index in [4.69, 9.17) is 4.74 Å². The number of rotatable bonds is 6. The summed E-state index contributed by atoms with van der Waals surface area (Å²) in [7, 11) is 5.54. The van der Waals surface area contributed by atoms with E-state index in [2.05, 4.69) is 20.6 Å². The summed E-state index contributed by atoms with van der Waals surface area (Å²) in [4.78, 5) is 23.0. The van der Waals surface area contributed by atoms with Gasteiger partial charge in [0.2, 0.25) is 0 Å². The van der Waals surface area contributed by atoms with Gasteiger partial charge in [-0.15, -0.1) is 0 Å². The Hall–Kier alpha value is -3.61. The maximum atomic E-state index is 12.5. The first kappa shape index (κ1) is 19.2. The number of amides is 1. The number of nitrogens with zero attached hydrogens (tertiary/aromatic N) is 3. The molecule has 2 aromatic carbocycles. The Bertz CT molecular complexity index is 954. The Balaban J connectivity index is 1.68. The molecule has 0 atom stereocenters. The molecule has 7 heteroatoms. The third-order valence-corrected chi connectivity index (χ3v) is 4.14. The Morgan fingerprint density at radius 1 is 1.04 bits per heavy atom. The first-order valence-electron chi connectivity index (χ1n) is 8.78. The summed E-state index contributed by atoms with van der Waals surface area (Å²) >= 11 is 0. The predicted octanol–water partition coefficient (Wildman–Crippen LogP) is 3.86. The third-order valence-electron chi connectivity index (χ3n) is 4.14. The summed E-state index contributed by atoms with van der Waals surface area (Å²) in [6.07, 6.45) is 2.97. The number of methoxy groups -OCH3 is 1. The van der Waals surface area contributed by atoms with Crippen molar-refractivity contribution in [1.29, 1.82) is 0 Å². The van der Waals surface area contributed by atoms with E-state index in [9.17, 15) is 4.79 Å². The molecule has 0 aliphatic rings. The Labute approximate surface area is 164 Å². The quantitative estimate of drug-likeness (QED) is 0.679. The van der Waals surface area contributed by atoms with Gasteiger partial charge in [0.25, 0.3) is 5.91 Å². The van der Waals surface area contributed by atoms with Crippen molar-refractivity contribution in [2.45, 2.75) is 6.92 Å². The van der Waals surface area contributed by atoms with Crippen molar-refractivity contribution in [2.24, 2.45) is 0 Å². The van der Waals surface area contributed by atoms with Crippen molar-refractivity contribution in [1.82, 2.24) is 9.97 Å². The van der Waals surface area contributed by atoms with Gasteiger partial charge in [-0.2, -0.15) is 0 Å². The fourth-order valence-corrected chi connectivity index (χ4v) is 2.61. The molecule has 3 aromatic rings. The molecule has 2 N–H and O–H groups in total. The molecule has 0 unspecified atom stereocenters. The minimum absolute atomic E-state index is 0.220. The van der Waals surface area contributed by atoms with Crippen LogP contribution in [0.3, 0.4) is 0 Å². The highest BCUT2D eigenvalue weighted by molar-refractivity contribution is 6.03. The van der Waals surface area contributed by atoms with Crippen LogP contribution in [0.4, 0.5) is 22.9 Å². The molecule has 3 rings (SSSR count). The monoisotopic (exact) mass is 377 g/mol. The van der Waals surface area contributed by atoms with Gasteiger partial charge >= 0.3 is 0 Å². The van der Waals surface area contributed by atoms with Gasteiger partial charge in [0.15, 0.2) is 0 Å². The van der Waals surface area contributed by atoms with E-state index in [1.54, 1.807) is 7.11 Å². The van der Waals surface area contributed by atoms with Crippen molar-refractivity contribution in [2.75, 3.05) is 36.7 Å². The van der Waals surface area contributed by atoms with Crippen LogP contribution in [-0.2, 0) is 0 Å². The second-order valence-electron chi connectivity index (χ2n) is 6.51. The van der Waals surface area contributed by atoms with Crippen LogP contribution in [0, 0.1) is 6.92 Å². The molecular formula is C21H23N5O2. The summed E-state index contributed by atoms with van der Waals surface area (Å²) in [5, 5.41) is 5.98. The first-order valence-corrected chi connectivity index (χ1v) is 8.78. The highest BCUT2D eigenvalue weighted by Gasteiger charge is 2.12. The van der Waals surface area contributed by atoms with E-state index in [-0.39, 0.29) is 11.6 Å². The minimum atomic E-state index is -0.349. The van der Waals surface area contributed by atoms with Gasteiger partial charge in [0.1, 0.15) is 17.3 Å². The summed E-state index contributed by atoms with van der Waals surface area (Å²) in [6, 6.07) is 13.5. The van der Waals surface area contributed by atoms with Crippen LogP contribution in [0.15, 0.2) is 54.9 Å². The van der Waals surface area contributed by atoms with E-state index in [1.165, 1.54) is 12.4 Å². The molecule has 1 aromatic heterocycles. The lowest BCUT2D eigenvalue weighted by atomic mass is 10.2. The summed E-state index contributed by atoms with van der Waals surface area (Å²) < 4.78 is 5.28. The van der Waals surface area contributed by atoms with E-state index in [1.807, 2.05) is 68.4 Å². The second kappa shape index (κ2) is 8.39. The van der Waals surface area contributed by atoms with Gasteiger partial charge in [-0.05, 0) is 48.9 Å². The largest absolute Gasteiger partial charge is 0.495 e. The number of aromatic nitrogens is 2. The Morgan fingerprint density at radius 2 is 1.79 bits per heavy atom. The predicted molar refractivity (Wildman–Crippen MR) is 112 cm³/mol. The standard InChI is InChI=1S/C21H23N5O2/c1-14-5-10-19(28-4)17(11-14)25-21(27)18-12-23-20(13-22-18)24-15-6-8-16(9-7-15)26(2)3/h5-13H,1-4H3,(H,23,24)(H,25,27). The lowest BCUT2D eigenvalue weighted by Gasteiger charge is -2.13. The average molecular weight is 377 g/mol. The summed E-state index contributed by atoms with van der Waals surface area (Å²) in [6.45, 7) is 1.94. The van der Waals surface area contributed by atoms with Crippen LogP contribution in [0.25, 0.3) is 0 Å². The highest BCUT2D eigenvalue weighted by Crippen LogP contribution is 2.25. The van der Waals surface area contributed by atoms with Crippen molar-refractivity contribution >= 4 is 28.8 Å². The molecule has 7 nitrogen and oxygen atoms in total. The van der Waals surface area contributed by atoms with Gasteiger partial charge in [-0.1, -0.05) is 6.07 Å². The zero-order valence-corrected chi connectivity index (χ0v) is 16.4. The van der Waals surface area contributed by atoms with E-state index in [0.717, 1.165) is 16.9 Å². The molecule has 0 saturated carbocycles. The lowest BCUT2D eigenvalue weighted by molar-refractivity contribution is 0.102. The smallest absolute Gasteiger partial charge is 0.275 e. The fraction of sp³-hybridized carbons (Fsp3) is 0.190. The van der Waals surface area contributed by atoms with Gasteiger partial charge in [0.05, 0.1) is 25.2 Å². The highest BCUT2D eigenvalue weighted by atomic mass is 16.5. The summed E-state index contributed by atoms with van der Waals surface area (Å²) in [5.41, 5.74) is 3.83. The molecule has 28 heavy (non-hydrogen) atoms. The zero-order valence-electron chi connectivity index (χ0n) is 16.4. The molecule has 0 spiro atoms. The maximum Gasteiger partial charge on any atom is 0.275 e. The molecule has 144 valence electrons. The number of ether oxygens (including phenoxy) is 1. The molecule has 0 fully saturated rings. The Morgan fingerprint density at radius 3 is 2.39 bits per heavy atom. The zero-order chi connectivity index (χ0) is 20.1. The molecule has 0 saturated heterocycles. The fourth-order valence-electron chi connectivity index (χ4n) is 2.61. The Kier molecular flexibility index (Phi) is 5.74. The first-order chi connectivity index (χ1) is 13.5. The number of hydrogen-bond acceptors (Lipinski definition) is 6. The average Bonchev–Trinajstić information content (AvgIpc) is 2.69. The molecule has 1 amide bonds. The molecular weight excluding hydrogens is 354 g/mol. The summed E-state index contributed by atoms with van der Waals surface area (Å²) in [5.74, 6) is 0.798. The van der Waals surface area contributed by atoms with Crippen LogP contribution < -0.4 is 20.3 Å². The SMILES string of the molecule is COc1ccc(C)cc1NC(=O)c1cnc(Nc2ccc(N(C)C)cc2)cn1. The number of hydrogen-bond donors (Lipinski definition) is 2. The van der Waals surface area contributed by atoms with Gasteiger partial charge in [0, 0.05) is 25.5 Å². The second-order valence-corrected chi connectivity index (χ2v) is 6.51. The molecule has 0 radical (unpaired) electrons. The van der Waals surface area contributed by atoms with E-state index in [0.29, 0.717) is 17.3 Å². The van der Waals surface area contributed by atoms with E-state index >= 15 is 0 Å². The molecule has 0 aliphatic heterocycles. The number of anilines is 4. The number of aryl methyl sites for hydroxylation is 1. The van der Waals surface area contributed by atoms with Crippen LogP contribution >= 0.6 is 0 Å². The number of carbonyl (C=O) groups is 1. The topological polar surface area (TPSA) is 79.4 Å². The number of benzene rings is 2. The number of carbonyl (C=O) groups excluding carboxylic acids is 1. The molecule has 1 heterocycles. The molecule has 0 bridgehead atoms. The third kappa shape index (κ3) is 4.56. The van der Waals surface area contributed by atoms with Crippen LogP contribution in [0.5, 0.6) is 5.75 Å². The minimum Gasteiger partial charge on any atom is -0.495 e. The van der Waals surface area contributed by atoms with Crippen LogP contribution in [0.2, 0.25) is 0 Å². The van der Waals surface area contributed by atoms with Gasteiger partial charge in [-0.3, -0.25) is 4.79 Å². The van der Waals surface area contributed by atoms with Crippen molar-refractivity contribution in [3.05, 3.63) is 66.1 Å². The molecule has 0 aliphatic carbocycles. The van der Waals surface area contributed by atoms with Crippen molar-refractivity contribution < 1.29 is 9.53 Å². The normalized spacial score (nSPS) is 10.3. The maximum absolute atomic E-state index is 12.5. The van der Waals surface area contributed by atoms with Crippen molar-refractivity contribution in [3.63, 3.8) is 0 Å². The van der Waals surface area contributed by atoms with Crippen molar-refractivity contribution in [3.8, 4) is 5.75 Å². The van der Waals surface area contributed by atoms with Gasteiger partial charge in [-0.25, -0.2) is 9.97 Å². The van der Waals surface area contributed by atoms with Crippen LogP contribution in [0.1, 0.15) is 16.1 Å². The van der Waals surface area contributed by atoms with Crippen LogP contribution in [-0.4, -0.2) is 37.1 Å². The van der Waals surface area contributed by atoms with E-state index < -0.39 is 0 Å². The van der Waals surface area contributed by atoms with Gasteiger partial charge < -0.3 is 20.3 Å². The lowest BCUT2D eigenvalue weighted by Crippen LogP contribution is -2.15.